The molecule has 7 nitrogen and oxygen atoms in total. The number of anilines is 1. The number of imidazole rings is 1. The molecule has 0 spiro atoms. The van der Waals surface area contributed by atoms with Gasteiger partial charge in [-0.2, -0.15) is 0 Å². The van der Waals surface area contributed by atoms with Crippen molar-refractivity contribution in [1.29, 1.82) is 0 Å². The highest BCUT2D eigenvalue weighted by molar-refractivity contribution is 6.18. The molecule has 7 heteroatoms. The van der Waals surface area contributed by atoms with Crippen LogP contribution in [0.3, 0.4) is 0 Å². The largest absolute Gasteiger partial charge is 0.369 e. The van der Waals surface area contributed by atoms with Crippen molar-refractivity contribution in [1.82, 2.24) is 14.9 Å². The molecule has 2 aliphatic rings. The fourth-order valence-corrected chi connectivity index (χ4v) is 4.28. The maximum atomic E-state index is 13.3. The lowest BCUT2D eigenvalue weighted by molar-refractivity contribution is 0.102. The summed E-state index contributed by atoms with van der Waals surface area (Å²) < 4.78 is 5.87. The number of amidine groups is 1. The Morgan fingerprint density at radius 2 is 1.75 bits per heavy atom. The molecule has 164 valence electrons. The Morgan fingerprint density at radius 3 is 2.47 bits per heavy atom. The van der Waals surface area contributed by atoms with Crippen LogP contribution in [-0.4, -0.2) is 45.9 Å². The van der Waals surface area contributed by atoms with E-state index in [-0.39, 0.29) is 12.1 Å². The van der Waals surface area contributed by atoms with Crippen molar-refractivity contribution in [2.45, 2.75) is 39.0 Å². The topological polar surface area (TPSA) is 73.8 Å². The minimum Gasteiger partial charge on any atom is -0.369 e. The van der Waals surface area contributed by atoms with Crippen LogP contribution in [-0.2, 0) is 24.4 Å². The van der Waals surface area contributed by atoms with Crippen LogP contribution < -0.4 is 4.90 Å². The Balaban J connectivity index is 1.37. The van der Waals surface area contributed by atoms with Crippen molar-refractivity contribution in [3.05, 3.63) is 83.3 Å². The van der Waals surface area contributed by atoms with Crippen LogP contribution in [0.2, 0.25) is 0 Å². The Morgan fingerprint density at radius 1 is 1.03 bits per heavy atom. The lowest BCUT2D eigenvalue weighted by Gasteiger charge is -2.32. The number of urea groups is 1. The van der Waals surface area contributed by atoms with Crippen molar-refractivity contribution >= 4 is 17.7 Å². The molecule has 2 amide bonds. The van der Waals surface area contributed by atoms with Gasteiger partial charge in [0, 0.05) is 6.54 Å². The Hall–Kier alpha value is -3.45. The van der Waals surface area contributed by atoms with Gasteiger partial charge in [0.25, 0.3) is 0 Å². The summed E-state index contributed by atoms with van der Waals surface area (Å²) in [4.78, 5) is 29.8. The van der Waals surface area contributed by atoms with E-state index in [0.717, 1.165) is 24.1 Å². The zero-order valence-electron chi connectivity index (χ0n) is 18.2. The van der Waals surface area contributed by atoms with Crippen molar-refractivity contribution in [3.8, 4) is 0 Å². The average molecular weight is 430 g/mol. The fraction of sp³-hybridized carbons (Fsp3) is 0.320. The first-order valence-corrected chi connectivity index (χ1v) is 11.1. The first-order valence-electron chi connectivity index (χ1n) is 11.1. The molecular weight excluding hydrogens is 402 g/mol. The Labute approximate surface area is 187 Å². The molecule has 1 atom stereocenters. The molecule has 0 saturated carbocycles. The number of hydrogen-bond acceptors (Lipinski definition) is 4. The van der Waals surface area contributed by atoms with E-state index in [1.165, 1.54) is 5.56 Å². The molecule has 0 saturated heterocycles. The van der Waals surface area contributed by atoms with Crippen LogP contribution >= 0.6 is 0 Å². The van der Waals surface area contributed by atoms with Crippen LogP contribution in [0.25, 0.3) is 0 Å². The summed E-state index contributed by atoms with van der Waals surface area (Å²) in [7, 11) is 0. The zero-order chi connectivity index (χ0) is 21.9. The van der Waals surface area contributed by atoms with E-state index in [0.29, 0.717) is 43.8 Å². The second-order valence-electron chi connectivity index (χ2n) is 8.20. The number of amides is 2. The Bertz CT molecular complexity index is 1110. The molecule has 0 fully saturated rings. The minimum absolute atomic E-state index is 0.0341. The van der Waals surface area contributed by atoms with Crippen LogP contribution in [0.4, 0.5) is 10.6 Å². The third-order valence-electron chi connectivity index (χ3n) is 5.74. The molecule has 2 aliphatic heterocycles. The van der Waals surface area contributed by atoms with Gasteiger partial charge in [-0.05, 0) is 24.0 Å². The van der Waals surface area contributed by atoms with Gasteiger partial charge in [-0.15, -0.1) is 0 Å². The summed E-state index contributed by atoms with van der Waals surface area (Å²) in [5.74, 6) is 2.06. The van der Waals surface area contributed by atoms with E-state index in [1.807, 2.05) is 48.5 Å². The van der Waals surface area contributed by atoms with Crippen LogP contribution in [0.15, 0.2) is 65.7 Å². The van der Waals surface area contributed by atoms with E-state index in [1.54, 1.807) is 9.80 Å². The number of nitrogens with zero attached hydrogens (tertiary/aromatic N) is 4. The summed E-state index contributed by atoms with van der Waals surface area (Å²) in [5.41, 5.74) is 3.15. The van der Waals surface area contributed by atoms with E-state index >= 15 is 0 Å². The second kappa shape index (κ2) is 8.96. The quantitative estimate of drug-likeness (QED) is 0.585. The van der Waals surface area contributed by atoms with Gasteiger partial charge < -0.3 is 9.72 Å². The number of carbonyl (C=O) groups excluding carboxylic acids is 1. The summed E-state index contributed by atoms with van der Waals surface area (Å²) in [6.45, 7) is 4.12. The monoisotopic (exact) mass is 429 g/mol. The Kier molecular flexibility index (Phi) is 5.73. The van der Waals surface area contributed by atoms with Crippen molar-refractivity contribution in [2.24, 2.45) is 4.99 Å². The SMILES string of the molecule is CCCN1C(=O)N2C[C@@H](Cc3ccccc3)N=C2c2[nH]c(COCc3ccccc3)nc21. The number of ether oxygens (including phenoxy) is 1. The number of carbonyl (C=O) groups is 1. The van der Waals surface area contributed by atoms with Crippen molar-refractivity contribution in [3.63, 3.8) is 0 Å². The summed E-state index contributed by atoms with van der Waals surface area (Å²) in [5, 5.41) is 0. The molecule has 0 aliphatic carbocycles. The van der Waals surface area contributed by atoms with Crippen LogP contribution in [0, 0.1) is 0 Å². The van der Waals surface area contributed by atoms with Gasteiger partial charge in [-0.3, -0.25) is 14.8 Å². The highest BCUT2D eigenvalue weighted by Crippen LogP contribution is 2.31. The standard InChI is InChI=1S/C25H27N5O2/c1-2-13-29-24-22(27-21(28-24)17-32-16-19-11-7-4-8-12-19)23-26-20(15-30(23)25(29)31)14-18-9-5-3-6-10-18/h3-12,20H,2,13-17H2,1H3,(H,27,28)/t20-/m1/s1. The predicted molar refractivity (Wildman–Crippen MR) is 124 cm³/mol. The van der Waals surface area contributed by atoms with Gasteiger partial charge in [0.05, 0.1) is 19.2 Å². The number of H-pyrrole nitrogens is 1. The number of fused-ring (bicyclic) bond motifs is 3. The van der Waals surface area contributed by atoms with Crippen LogP contribution in [0.1, 0.15) is 36.0 Å². The molecule has 1 N–H and O–H groups in total. The average Bonchev–Trinajstić information content (AvgIpc) is 3.43. The van der Waals surface area contributed by atoms with Crippen LogP contribution in [0.5, 0.6) is 0 Å². The first kappa shape index (κ1) is 20.5. The lowest BCUT2D eigenvalue weighted by Crippen LogP contribution is -2.50. The maximum absolute atomic E-state index is 13.3. The molecule has 2 aromatic carbocycles. The normalized spacial score (nSPS) is 17.3. The fourth-order valence-electron chi connectivity index (χ4n) is 4.28. The summed E-state index contributed by atoms with van der Waals surface area (Å²) in [6.07, 6.45) is 1.66. The highest BCUT2D eigenvalue weighted by atomic mass is 16.5. The number of benzene rings is 2. The molecule has 32 heavy (non-hydrogen) atoms. The number of hydrogen-bond donors (Lipinski definition) is 1. The third kappa shape index (κ3) is 4.03. The molecule has 1 aromatic heterocycles. The van der Waals surface area contributed by atoms with E-state index in [2.05, 4.69) is 24.0 Å². The number of aromatic amines is 1. The second-order valence-corrected chi connectivity index (χ2v) is 8.20. The summed E-state index contributed by atoms with van der Waals surface area (Å²) in [6, 6.07) is 20.3. The van der Waals surface area contributed by atoms with Gasteiger partial charge in [0.2, 0.25) is 0 Å². The molecule has 0 unspecified atom stereocenters. The number of nitrogens with one attached hydrogen (secondary N) is 1. The van der Waals surface area contributed by atoms with Gasteiger partial charge >= 0.3 is 6.03 Å². The van der Waals surface area contributed by atoms with Gasteiger partial charge in [-0.25, -0.2) is 9.78 Å². The van der Waals surface area contributed by atoms with E-state index in [4.69, 9.17) is 14.7 Å². The highest BCUT2D eigenvalue weighted by Gasteiger charge is 2.42. The molecule has 3 heterocycles. The minimum atomic E-state index is -0.0445. The van der Waals surface area contributed by atoms with Gasteiger partial charge in [0.1, 0.15) is 18.1 Å². The zero-order valence-corrected chi connectivity index (χ0v) is 18.2. The number of rotatable bonds is 8. The third-order valence-corrected chi connectivity index (χ3v) is 5.74. The predicted octanol–water partition coefficient (Wildman–Crippen LogP) is 4.15. The van der Waals surface area contributed by atoms with Crippen molar-refractivity contribution < 1.29 is 9.53 Å². The number of aromatic nitrogens is 2. The van der Waals surface area contributed by atoms with Gasteiger partial charge in [0.15, 0.2) is 11.7 Å². The maximum Gasteiger partial charge on any atom is 0.331 e. The first-order chi connectivity index (χ1) is 15.7. The molecular formula is C25H27N5O2. The molecule has 5 rings (SSSR count). The van der Waals surface area contributed by atoms with Crippen molar-refractivity contribution in [2.75, 3.05) is 18.0 Å². The van der Waals surface area contributed by atoms with E-state index < -0.39 is 0 Å². The lowest BCUT2D eigenvalue weighted by atomic mass is 10.1. The van der Waals surface area contributed by atoms with E-state index in [9.17, 15) is 4.79 Å². The molecule has 3 aromatic rings. The summed E-state index contributed by atoms with van der Waals surface area (Å²) >= 11 is 0. The molecule has 0 radical (unpaired) electrons. The smallest absolute Gasteiger partial charge is 0.331 e. The van der Waals surface area contributed by atoms with Gasteiger partial charge in [-0.1, -0.05) is 67.6 Å². The molecule has 0 bridgehead atoms. The number of aliphatic imine (C=N–C) groups is 1.